The van der Waals surface area contributed by atoms with Crippen LogP contribution in [-0.2, 0) is 19.1 Å². The minimum atomic E-state index is -1.94. The van der Waals surface area contributed by atoms with E-state index in [1.807, 2.05) is 27.7 Å². The maximum atomic E-state index is 17.2. The van der Waals surface area contributed by atoms with E-state index in [4.69, 9.17) is 21.1 Å². The average Bonchev–Trinajstić information content (AvgIpc) is 2.91. The third kappa shape index (κ3) is 2.81. The molecule has 5 nitrogen and oxygen atoms in total. The molecule has 3 fully saturated rings. The standard InChI is InChI=1S/C25H34ClFO5/c1-14(2)32-25(21(30)31-13-26)15(3)10-19-18-7-6-16-11-17(28)8-9-22(16,4)24(18,27)20(29)12-23(19,25)5/h8-9,11,14-15,18-20,29H,6-7,10,12-13H2,1-5H3/t15-,18-,19-,20-,22-,23-,24-,25-/m0/s1. The lowest BCUT2D eigenvalue weighted by atomic mass is 9.44. The molecule has 0 spiro atoms. The summed E-state index contributed by atoms with van der Waals surface area (Å²) in [4.78, 5) is 25.4. The first-order chi connectivity index (χ1) is 14.9. The Morgan fingerprint density at radius 2 is 2.03 bits per heavy atom. The van der Waals surface area contributed by atoms with Crippen molar-refractivity contribution in [3.05, 3.63) is 23.8 Å². The number of rotatable bonds is 4. The van der Waals surface area contributed by atoms with Crippen LogP contribution in [0.15, 0.2) is 23.8 Å². The average molecular weight is 469 g/mol. The molecule has 4 rings (SSSR count). The van der Waals surface area contributed by atoms with Crippen molar-refractivity contribution in [1.29, 1.82) is 0 Å². The van der Waals surface area contributed by atoms with E-state index < -0.39 is 40.1 Å². The fraction of sp³-hybridized carbons (Fsp3) is 0.760. The van der Waals surface area contributed by atoms with Crippen LogP contribution >= 0.6 is 11.6 Å². The minimum Gasteiger partial charge on any atom is -0.447 e. The molecule has 0 radical (unpaired) electrons. The molecule has 4 aliphatic rings. The lowest BCUT2D eigenvalue weighted by Gasteiger charge is -2.62. The van der Waals surface area contributed by atoms with Gasteiger partial charge < -0.3 is 14.6 Å². The second kappa shape index (κ2) is 7.64. The molecular formula is C25H34ClFO5. The van der Waals surface area contributed by atoms with Gasteiger partial charge in [0.05, 0.1) is 12.2 Å². The van der Waals surface area contributed by atoms with Crippen molar-refractivity contribution in [3.63, 3.8) is 0 Å². The zero-order valence-electron chi connectivity index (χ0n) is 19.5. The normalized spacial score (nSPS) is 47.5. The van der Waals surface area contributed by atoms with Gasteiger partial charge >= 0.3 is 5.97 Å². The third-order valence-corrected chi connectivity index (χ3v) is 9.20. The van der Waals surface area contributed by atoms with E-state index in [9.17, 15) is 14.7 Å². The zero-order chi connectivity index (χ0) is 23.7. The Bertz CT molecular complexity index is 886. The van der Waals surface area contributed by atoms with Crippen molar-refractivity contribution in [2.24, 2.45) is 28.6 Å². The minimum absolute atomic E-state index is 0.0593. The van der Waals surface area contributed by atoms with Crippen LogP contribution in [0.25, 0.3) is 0 Å². The van der Waals surface area contributed by atoms with Gasteiger partial charge in [0.25, 0.3) is 0 Å². The molecule has 178 valence electrons. The number of hydrogen-bond donors (Lipinski definition) is 1. The van der Waals surface area contributed by atoms with Crippen LogP contribution < -0.4 is 0 Å². The highest BCUT2D eigenvalue weighted by Crippen LogP contribution is 2.71. The predicted molar refractivity (Wildman–Crippen MR) is 119 cm³/mol. The quantitative estimate of drug-likeness (QED) is 0.485. The van der Waals surface area contributed by atoms with Gasteiger partial charge in [-0.25, -0.2) is 9.18 Å². The second-order valence-electron chi connectivity index (χ2n) is 10.8. The molecule has 0 aromatic heterocycles. The molecule has 32 heavy (non-hydrogen) atoms. The number of aliphatic hydroxyl groups excluding tert-OH is 1. The Kier molecular flexibility index (Phi) is 5.71. The number of esters is 1. The van der Waals surface area contributed by atoms with Crippen molar-refractivity contribution in [2.45, 2.75) is 83.8 Å². The van der Waals surface area contributed by atoms with Gasteiger partial charge in [-0.15, -0.1) is 0 Å². The summed E-state index contributed by atoms with van der Waals surface area (Å²) in [7, 11) is 0. The van der Waals surface area contributed by atoms with Crippen molar-refractivity contribution < 1.29 is 28.6 Å². The van der Waals surface area contributed by atoms with Crippen LogP contribution in [0, 0.1) is 28.6 Å². The monoisotopic (exact) mass is 468 g/mol. The topological polar surface area (TPSA) is 72.8 Å². The number of allylic oxidation sites excluding steroid dienone is 4. The molecule has 0 aromatic rings. The molecule has 8 atom stereocenters. The van der Waals surface area contributed by atoms with Gasteiger partial charge in [-0.3, -0.25) is 4.79 Å². The second-order valence-corrected chi connectivity index (χ2v) is 11.1. The number of carbonyl (C=O) groups is 2. The van der Waals surface area contributed by atoms with Gasteiger partial charge in [-0.05, 0) is 70.4 Å². The number of carbonyl (C=O) groups excluding carboxylic acids is 2. The fourth-order valence-corrected chi connectivity index (χ4v) is 7.89. The Balaban J connectivity index is 1.84. The molecule has 0 aromatic carbocycles. The Morgan fingerprint density at radius 1 is 1.34 bits per heavy atom. The number of alkyl halides is 2. The Morgan fingerprint density at radius 3 is 2.66 bits per heavy atom. The molecule has 0 unspecified atom stereocenters. The molecule has 0 heterocycles. The maximum absolute atomic E-state index is 17.2. The summed E-state index contributed by atoms with van der Waals surface area (Å²) in [6.45, 7) is 9.40. The van der Waals surface area contributed by atoms with Crippen molar-refractivity contribution in [1.82, 2.24) is 0 Å². The largest absolute Gasteiger partial charge is 0.447 e. The molecule has 7 heteroatoms. The van der Waals surface area contributed by atoms with Gasteiger partial charge in [0.2, 0.25) is 0 Å². The number of fused-ring (bicyclic) bond motifs is 5. The molecular weight excluding hydrogens is 435 g/mol. The molecule has 0 amide bonds. The van der Waals surface area contributed by atoms with Crippen molar-refractivity contribution in [3.8, 4) is 0 Å². The Labute approximate surface area is 194 Å². The van der Waals surface area contributed by atoms with Gasteiger partial charge in [-0.2, -0.15) is 0 Å². The van der Waals surface area contributed by atoms with Crippen LogP contribution in [0.3, 0.4) is 0 Å². The zero-order valence-corrected chi connectivity index (χ0v) is 20.2. The first kappa shape index (κ1) is 23.9. The van der Waals surface area contributed by atoms with Crippen LogP contribution in [0.5, 0.6) is 0 Å². The van der Waals surface area contributed by atoms with Gasteiger partial charge in [0, 0.05) is 16.7 Å². The number of aliphatic hydroxyl groups is 1. The fourth-order valence-electron chi connectivity index (χ4n) is 7.79. The van der Waals surface area contributed by atoms with E-state index in [1.54, 1.807) is 13.0 Å². The summed E-state index contributed by atoms with van der Waals surface area (Å²) < 4.78 is 28.9. The number of ether oxygens (including phenoxy) is 2. The van der Waals surface area contributed by atoms with E-state index in [1.165, 1.54) is 12.2 Å². The summed E-state index contributed by atoms with van der Waals surface area (Å²) in [5.74, 6) is -1.60. The summed E-state index contributed by atoms with van der Waals surface area (Å²) in [5.41, 5.74) is -4.41. The number of hydrogen-bond acceptors (Lipinski definition) is 5. The summed E-state index contributed by atoms with van der Waals surface area (Å²) in [6, 6.07) is -0.292. The SMILES string of the molecule is CC(C)O[C@]1(C(=O)OCCl)[C@@H](C)C[C@H]2[C@@H]3CCC4=CC(=O)C=C[C@]4(C)[C@@]3(F)[C@@H](O)C[C@@]21C. The lowest BCUT2D eigenvalue weighted by Crippen LogP contribution is -2.70. The summed E-state index contributed by atoms with van der Waals surface area (Å²) >= 11 is 5.76. The van der Waals surface area contributed by atoms with Crippen LogP contribution in [0.4, 0.5) is 4.39 Å². The first-order valence-electron chi connectivity index (χ1n) is 11.6. The molecule has 1 N–H and O–H groups in total. The van der Waals surface area contributed by atoms with Gasteiger partial charge in [0.15, 0.2) is 23.1 Å². The van der Waals surface area contributed by atoms with E-state index >= 15 is 4.39 Å². The van der Waals surface area contributed by atoms with Crippen LogP contribution in [0.1, 0.15) is 60.3 Å². The van der Waals surface area contributed by atoms with E-state index in [0.29, 0.717) is 19.3 Å². The molecule has 0 saturated heterocycles. The van der Waals surface area contributed by atoms with Gasteiger partial charge in [0.1, 0.15) is 0 Å². The lowest BCUT2D eigenvalue weighted by molar-refractivity contribution is -0.244. The first-order valence-corrected chi connectivity index (χ1v) is 12.1. The van der Waals surface area contributed by atoms with Crippen LogP contribution in [0.2, 0.25) is 0 Å². The van der Waals surface area contributed by atoms with Crippen LogP contribution in [-0.4, -0.2) is 46.4 Å². The number of halogens is 2. The highest BCUT2D eigenvalue weighted by molar-refractivity contribution is 6.17. The predicted octanol–water partition coefficient (Wildman–Crippen LogP) is 4.51. The molecule has 0 aliphatic heterocycles. The molecule has 3 saturated carbocycles. The van der Waals surface area contributed by atoms with E-state index in [0.717, 1.165) is 5.57 Å². The molecule has 4 aliphatic carbocycles. The highest BCUT2D eigenvalue weighted by Gasteiger charge is 2.77. The molecule has 0 bridgehead atoms. The third-order valence-electron chi connectivity index (χ3n) is 9.09. The van der Waals surface area contributed by atoms with Gasteiger partial charge in [-0.1, -0.05) is 37.1 Å². The number of ketones is 1. The highest BCUT2D eigenvalue weighted by atomic mass is 35.5. The van der Waals surface area contributed by atoms with E-state index in [-0.39, 0.29) is 36.2 Å². The van der Waals surface area contributed by atoms with Crippen molar-refractivity contribution in [2.75, 3.05) is 6.07 Å². The van der Waals surface area contributed by atoms with E-state index in [2.05, 4.69) is 0 Å². The smallest absolute Gasteiger partial charge is 0.340 e. The van der Waals surface area contributed by atoms with Crippen molar-refractivity contribution >= 4 is 23.4 Å². The Hall–Kier alpha value is -1.24. The summed E-state index contributed by atoms with van der Waals surface area (Å²) in [5, 5.41) is 11.5. The maximum Gasteiger partial charge on any atom is 0.340 e. The summed E-state index contributed by atoms with van der Waals surface area (Å²) in [6.07, 6.45) is 4.72.